The summed E-state index contributed by atoms with van der Waals surface area (Å²) in [6.45, 7) is 6.72. The first kappa shape index (κ1) is 14.7. The smallest absolute Gasteiger partial charge is 0.0528 e. The Labute approximate surface area is 120 Å². The molecule has 0 saturated carbocycles. The van der Waals surface area contributed by atoms with Crippen LogP contribution in [-0.4, -0.2) is 0 Å². The number of hydrogen-bond donors (Lipinski definition) is 0. The van der Waals surface area contributed by atoms with E-state index >= 15 is 0 Å². The lowest BCUT2D eigenvalue weighted by Crippen LogP contribution is -2.06. The molecule has 1 heterocycles. The second kappa shape index (κ2) is 7.17. The predicted octanol–water partition coefficient (Wildman–Crippen LogP) is 6.47. The van der Waals surface area contributed by atoms with Crippen molar-refractivity contribution in [3.05, 3.63) is 20.3 Å². The van der Waals surface area contributed by atoms with Crippen LogP contribution < -0.4 is 0 Å². The molecular weight excluding hydrogens is 348 g/mol. The zero-order chi connectivity index (χ0) is 12.1. The van der Waals surface area contributed by atoms with Crippen molar-refractivity contribution >= 4 is 43.2 Å². The molecule has 0 aliphatic heterocycles. The summed E-state index contributed by atoms with van der Waals surface area (Å²) in [7, 11) is 0. The number of alkyl halides is 1. The monoisotopic (exact) mass is 366 g/mol. The van der Waals surface area contributed by atoms with Crippen molar-refractivity contribution in [1.82, 2.24) is 0 Å². The molecule has 0 aliphatic carbocycles. The van der Waals surface area contributed by atoms with Gasteiger partial charge in [-0.2, -0.15) is 0 Å². The highest BCUT2D eigenvalue weighted by molar-refractivity contribution is 9.11. The van der Waals surface area contributed by atoms with E-state index in [4.69, 9.17) is 0 Å². The van der Waals surface area contributed by atoms with Gasteiger partial charge in [0.25, 0.3) is 0 Å². The maximum atomic E-state index is 3.90. The molecule has 0 saturated heterocycles. The fourth-order valence-electron chi connectivity index (χ4n) is 2.08. The third-order valence-corrected chi connectivity index (χ3v) is 6.38. The summed E-state index contributed by atoms with van der Waals surface area (Å²) in [6, 6.07) is 2.23. The van der Waals surface area contributed by atoms with Crippen molar-refractivity contribution in [3.63, 3.8) is 0 Å². The highest BCUT2D eigenvalue weighted by Gasteiger charge is 2.22. The van der Waals surface area contributed by atoms with E-state index in [-0.39, 0.29) is 0 Å². The average molecular weight is 368 g/mol. The van der Waals surface area contributed by atoms with Gasteiger partial charge >= 0.3 is 0 Å². The van der Waals surface area contributed by atoms with Gasteiger partial charge in [0.1, 0.15) is 0 Å². The second-order valence-electron chi connectivity index (χ2n) is 4.31. The van der Waals surface area contributed by atoms with E-state index in [1.165, 1.54) is 39.9 Å². The first-order chi connectivity index (χ1) is 7.60. The molecule has 92 valence electrons. The van der Waals surface area contributed by atoms with Gasteiger partial charge in [0.15, 0.2) is 0 Å². The largest absolute Gasteiger partial charge is 0.143 e. The van der Waals surface area contributed by atoms with Crippen molar-refractivity contribution in [1.29, 1.82) is 0 Å². The number of rotatable bonds is 6. The summed E-state index contributed by atoms with van der Waals surface area (Å²) >= 11 is 9.48. The lowest BCUT2D eigenvalue weighted by molar-refractivity contribution is 0.437. The predicted molar refractivity (Wildman–Crippen MR) is 81.7 cm³/mol. The van der Waals surface area contributed by atoms with E-state index in [1.807, 2.05) is 11.3 Å². The molecule has 0 bridgehead atoms. The molecule has 0 amide bonds. The minimum Gasteiger partial charge on any atom is -0.143 e. The normalized spacial score (nSPS) is 13.4. The maximum Gasteiger partial charge on any atom is 0.0528 e. The van der Waals surface area contributed by atoms with Crippen LogP contribution in [0.4, 0.5) is 0 Å². The Morgan fingerprint density at radius 3 is 2.19 bits per heavy atom. The maximum absolute atomic E-state index is 3.90. The van der Waals surface area contributed by atoms with E-state index in [0.29, 0.717) is 4.83 Å². The second-order valence-corrected chi connectivity index (χ2v) is 7.44. The lowest BCUT2D eigenvalue weighted by atomic mass is 9.94. The number of halogens is 2. The van der Waals surface area contributed by atoms with Crippen LogP contribution in [0, 0.1) is 12.8 Å². The summed E-state index contributed by atoms with van der Waals surface area (Å²) in [5.41, 5.74) is 0. The van der Waals surface area contributed by atoms with Crippen molar-refractivity contribution in [3.8, 4) is 0 Å². The molecule has 0 spiro atoms. The molecular formula is C13H20Br2S. The van der Waals surface area contributed by atoms with Gasteiger partial charge in [-0.3, -0.25) is 0 Å². The summed E-state index contributed by atoms with van der Waals surface area (Å²) in [6.07, 6.45) is 5.17. The van der Waals surface area contributed by atoms with Gasteiger partial charge in [0.05, 0.1) is 4.83 Å². The van der Waals surface area contributed by atoms with Crippen molar-refractivity contribution in [2.45, 2.75) is 51.3 Å². The summed E-state index contributed by atoms with van der Waals surface area (Å²) in [5, 5.41) is 0. The van der Waals surface area contributed by atoms with Gasteiger partial charge in [-0.1, -0.05) is 42.6 Å². The minimum absolute atomic E-state index is 0.514. The van der Waals surface area contributed by atoms with E-state index in [0.717, 1.165) is 5.92 Å². The van der Waals surface area contributed by atoms with Gasteiger partial charge in [0.2, 0.25) is 0 Å². The van der Waals surface area contributed by atoms with Crippen LogP contribution in [0.15, 0.2) is 10.5 Å². The topological polar surface area (TPSA) is 0 Å². The zero-order valence-corrected chi connectivity index (χ0v) is 14.2. The lowest BCUT2D eigenvalue weighted by Gasteiger charge is -2.21. The van der Waals surface area contributed by atoms with Crippen LogP contribution in [0.5, 0.6) is 0 Å². The number of aryl methyl sites for hydroxylation is 1. The fourth-order valence-corrected chi connectivity index (χ4v) is 5.41. The van der Waals surface area contributed by atoms with Crippen LogP contribution >= 0.6 is 43.2 Å². The SMILES string of the molecule is CCCC(CCC)C(Br)c1sc(C)cc1Br. The zero-order valence-electron chi connectivity index (χ0n) is 10.2. The van der Waals surface area contributed by atoms with Crippen molar-refractivity contribution < 1.29 is 0 Å². The minimum atomic E-state index is 0.514. The quantitative estimate of drug-likeness (QED) is 0.505. The Morgan fingerprint density at radius 1 is 1.25 bits per heavy atom. The summed E-state index contributed by atoms with van der Waals surface area (Å²) < 4.78 is 1.27. The van der Waals surface area contributed by atoms with E-state index in [1.54, 1.807) is 0 Å². The average Bonchev–Trinajstić information content (AvgIpc) is 2.56. The summed E-state index contributed by atoms with van der Waals surface area (Å²) in [5.74, 6) is 0.768. The Bertz CT molecular complexity index is 314. The Balaban J connectivity index is 2.80. The van der Waals surface area contributed by atoms with Crippen LogP contribution in [0.3, 0.4) is 0 Å². The number of thiophene rings is 1. The van der Waals surface area contributed by atoms with Crippen LogP contribution in [-0.2, 0) is 0 Å². The first-order valence-corrected chi connectivity index (χ1v) is 8.52. The van der Waals surface area contributed by atoms with Gasteiger partial charge < -0.3 is 0 Å². The molecule has 3 heteroatoms. The van der Waals surface area contributed by atoms with Crippen LogP contribution in [0.2, 0.25) is 0 Å². The molecule has 1 atom stereocenters. The fraction of sp³-hybridized carbons (Fsp3) is 0.692. The third kappa shape index (κ3) is 3.85. The Hall–Kier alpha value is 0.660. The van der Waals surface area contributed by atoms with Crippen molar-refractivity contribution in [2.24, 2.45) is 5.92 Å². The molecule has 1 unspecified atom stereocenters. The molecule has 0 fully saturated rings. The molecule has 0 aliphatic rings. The van der Waals surface area contributed by atoms with Crippen LogP contribution in [0.1, 0.15) is 54.1 Å². The molecule has 1 aromatic heterocycles. The Morgan fingerprint density at radius 2 is 1.81 bits per heavy atom. The van der Waals surface area contributed by atoms with E-state index < -0.39 is 0 Å². The molecule has 0 N–H and O–H groups in total. The summed E-state index contributed by atoms with van der Waals surface area (Å²) in [4.78, 5) is 3.36. The highest BCUT2D eigenvalue weighted by atomic mass is 79.9. The van der Waals surface area contributed by atoms with Gasteiger partial charge in [0, 0.05) is 14.2 Å². The molecule has 0 radical (unpaired) electrons. The van der Waals surface area contributed by atoms with Gasteiger partial charge in [-0.15, -0.1) is 11.3 Å². The highest BCUT2D eigenvalue weighted by Crippen LogP contribution is 2.43. The molecule has 0 aromatic carbocycles. The van der Waals surface area contributed by atoms with Crippen molar-refractivity contribution in [2.75, 3.05) is 0 Å². The Kier molecular flexibility index (Phi) is 6.60. The van der Waals surface area contributed by atoms with E-state index in [2.05, 4.69) is 58.7 Å². The van der Waals surface area contributed by atoms with Gasteiger partial charge in [-0.25, -0.2) is 0 Å². The number of hydrogen-bond acceptors (Lipinski definition) is 1. The van der Waals surface area contributed by atoms with Crippen LogP contribution in [0.25, 0.3) is 0 Å². The molecule has 16 heavy (non-hydrogen) atoms. The first-order valence-electron chi connectivity index (χ1n) is 6.00. The van der Waals surface area contributed by atoms with Gasteiger partial charge in [-0.05, 0) is 47.7 Å². The molecule has 0 nitrogen and oxygen atoms in total. The van der Waals surface area contributed by atoms with E-state index in [9.17, 15) is 0 Å². The standard InChI is InChI=1S/C13H20Br2S/c1-4-6-10(7-5-2)12(15)13-11(14)8-9(3)16-13/h8,10,12H,4-7H2,1-3H3. The third-order valence-electron chi connectivity index (χ3n) is 2.82. The molecule has 1 aromatic rings. The molecule has 1 rings (SSSR count).